The number of thiol groups is 1. The van der Waals surface area contributed by atoms with Crippen molar-refractivity contribution in [3.8, 4) is 0 Å². The second-order valence-corrected chi connectivity index (χ2v) is 2.93. The number of nitrogens with one attached hydrogen (secondary N) is 1. The molecular formula is C6H14N2S. The van der Waals surface area contributed by atoms with E-state index in [4.69, 9.17) is 0 Å². The molecule has 1 unspecified atom stereocenters. The van der Waals surface area contributed by atoms with Crippen LogP contribution in [0.4, 0.5) is 0 Å². The molecule has 3 heteroatoms. The molecule has 0 bridgehead atoms. The van der Waals surface area contributed by atoms with Gasteiger partial charge < -0.3 is 10.2 Å². The van der Waals surface area contributed by atoms with Gasteiger partial charge in [0.25, 0.3) is 0 Å². The fraction of sp³-hybridized carbons (Fsp3) is 1.00. The van der Waals surface area contributed by atoms with Crippen molar-refractivity contribution in [3.05, 3.63) is 0 Å². The first-order valence-corrected chi connectivity index (χ1v) is 3.99. The Morgan fingerprint density at radius 1 is 1.78 bits per heavy atom. The minimum absolute atomic E-state index is 0.687. The fourth-order valence-electron chi connectivity index (χ4n) is 1.23. The van der Waals surface area contributed by atoms with Crippen LogP contribution < -0.4 is 5.32 Å². The van der Waals surface area contributed by atoms with Crippen LogP contribution in [-0.4, -0.2) is 37.0 Å². The number of likely N-dealkylation sites (tertiary alicyclic amines) is 1. The molecular weight excluding hydrogens is 132 g/mol. The van der Waals surface area contributed by atoms with Gasteiger partial charge in [-0.05, 0) is 20.0 Å². The van der Waals surface area contributed by atoms with E-state index in [2.05, 4.69) is 29.9 Å². The second-order valence-electron chi connectivity index (χ2n) is 2.61. The number of likely N-dealkylation sites (N-methyl/N-ethyl adjacent to an activating group) is 1. The van der Waals surface area contributed by atoms with E-state index in [1.165, 1.54) is 19.5 Å². The predicted octanol–water partition coefficient (Wildman–Crippen LogP) is 0.167. The molecule has 0 radical (unpaired) electrons. The molecule has 0 spiro atoms. The highest BCUT2D eigenvalue weighted by molar-refractivity contribution is 7.80. The largest absolute Gasteiger partial charge is 0.305 e. The maximum absolute atomic E-state index is 4.10. The van der Waals surface area contributed by atoms with Crippen LogP contribution >= 0.6 is 12.6 Å². The van der Waals surface area contributed by atoms with E-state index in [1.54, 1.807) is 0 Å². The predicted molar refractivity (Wildman–Crippen MR) is 42.9 cm³/mol. The van der Waals surface area contributed by atoms with E-state index in [9.17, 15) is 0 Å². The molecule has 0 aromatic carbocycles. The highest BCUT2D eigenvalue weighted by Gasteiger charge is 2.17. The first-order chi connectivity index (χ1) is 4.33. The first kappa shape index (κ1) is 7.38. The summed E-state index contributed by atoms with van der Waals surface area (Å²) in [7, 11) is 2.15. The van der Waals surface area contributed by atoms with E-state index in [0.717, 1.165) is 5.88 Å². The van der Waals surface area contributed by atoms with Gasteiger partial charge >= 0.3 is 0 Å². The summed E-state index contributed by atoms with van der Waals surface area (Å²) in [5.74, 6) is 0.804. The van der Waals surface area contributed by atoms with Gasteiger partial charge in [0.05, 0.1) is 0 Å². The Bertz CT molecular complexity index is 85.1. The summed E-state index contributed by atoms with van der Waals surface area (Å²) in [6.45, 7) is 2.41. The number of hydrogen-bond donors (Lipinski definition) is 2. The molecule has 1 atom stereocenters. The van der Waals surface area contributed by atoms with Crippen LogP contribution in [0.5, 0.6) is 0 Å². The third-order valence-electron chi connectivity index (χ3n) is 1.77. The van der Waals surface area contributed by atoms with Crippen LogP contribution in [0.1, 0.15) is 6.42 Å². The molecule has 1 heterocycles. The average Bonchev–Trinajstić information content (AvgIpc) is 2.17. The van der Waals surface area contributed by atoms with Crippen molar-refractivity contribution in [1.82, 2.24) is 10.2 Å². The van der Waals surface area contributed by atoms with Gasteiger partial charge in [0.2, 0.25) is 0 Å². The lowest BCUT2D eigenvalue weighted by molar-refractivity contribution is 0.403. The number of hydrogen-bond acceptors (Lipinski definition) is 3. The van der Waals surface area contributed by atoms with E-state index >= 15 is 0 Å². The van der Waals surface area contributed by atoms with Gasteiger partial charge in [-0.15, -0.1) is 0 Å². The van der Waals surface area contributed by atoms with Crippen molar-refractivity contribution < 1.29 is 0 Å². The van der Waals surface area contributed by atoms with Crippen LogP contribution in [0.2, 0.25) is 0 Å². The highest BCUT2D eigenvalue weighted by atomic mass is 32.1. The molecule has 1 rings (SSSR count). The topological polar surface area (TPSA) is 15.3 Å². The zero-order valence-corrected chi connectivity index (χ0v) is 6.69. The van der Waals surface area contributed by atoms with Crippen LogP contribution in [0.15, 0.2) is 0 Å². The molecule has 1 aliphatic rings. The Balaban J connectivity index is 2.14. The minimum Gasteiger partial charge on any atom is -0.305 e. The van der Waals surface area contributed by atoms with Crippen molar-refractivity contribution in [2.45, 2.75) is 12.5 Å². The van der Waals surface area contributed by atoms with E-state index in [-0.39, 0.29) is 0 Å². The molecule has 1 N–H and O–H groups in total. The molecule has 0 aliphatic carbocycles. The second kappa shape index (κ2) is 3.44. The van der Waals surface area contributed by atoms with Crippen LogP contribution in [0.25, 0.3) is 0 Å². The SMILES string of the molecule is CN1CCC(NCS)C1. The highest BCUT2D eigenvalue weighted by Crippen LogP contribution is 2.05. The lowest BCUT2D eigenvalue weighted by Gasteiger charge is -2.09. The number of rotatable bonds is 2. The van der Waals surface area contributed by atoms with Gasteiger partial charge in [0.1, 0.15) is 0 Å². The monoisotopic (exact) mass is 146 g/mol. The fourth-order valence-corrected chi connectivity index (χ4v) is 1.49. The third kappa shape index (κ3) is 2.16. The van der Waals surface area contributed by atoms with Gasteiger partial charge in [0, 0.05) is 18.5 Å². The Labute approximate surface area is 62.0 Å². The molecule has 1 fully saturated rings. The lowest BCUT2D eigenvalue weighted by Crippen LogP contribution is -2.30. The molecule has 54 valence electrons. The molecule has 0 amide bonds. The van der Waals surface area contributed by atoms with Crippen LogP contribution in [-0.2, 0) is 0 Å². The first-order valence-electron chi connectivity index (χ1n) is 3.35. The summed E-state index contributed by atoms with van der Waals surface area (Å²) in [5.41, 5.74) is 0. The maximum atomic E-state index is 4.10. The van der Waals surface area contributed by atoms with Crippen molar-refractivity contribution in [3.63, 3.8) is 0 Å². The Hall–Kier alpha value is 0.270. The van der Waals surface area contributed by atoms with Crippen molar-refractivity contribution in [2.75, 3.05) is 26.0 Å². The molecule has 1 saturated heterocycles. The molecule has 0 saturated carbocycles. The summed E-state index contributed by atoms with van der Waals surface area (Å²) in [4.78, 5) is 2.33. The molecule has 2 nitrogen and oxygen atoms in total. The Kier molecular flexibility index (Phi) is 2.82. The maximum Gasteiger partial charge on any atom is 0.0390 e. The standard InChI is InChI=1S/C6H14N2S/c1-8-3-2-6(4-8)7-5-9/h6-7,9H,2-5H2,1H3. The van der Waals surface area contributed by atoms with Crippen LogP contribution in [0, 0.1) is 0 Å². The van der Waals surface area contributed by atoms with E-state index < -0.39 is 0 Å². The van der Waals surface area contributed by atoms with Gasteiger partial charge in [-0.3, -0.25) is 0 Å². The molecule has 1 aliphatic heterocycles. The van der Waals surface area contributed by atoms with E-state index in [1.807, 2.05) is 0 Å². The average molecular weight is 146 g/mol. The van der Waals surface area contributed by atoms with Crippen molar-refractivity contribution in [1.29, 1.82) is 0 Å². The zero-order chi connectivity index (χ0) is 6.69. The summed E-state index contributed by atoms with van der Waals surface area (Å²) >= 11 is 4.10. The summed E-state index contributed by atoms with van der Waals surface area (Å²) in [5, 5.41) is 3.30. The smallest absolute Gasteiger partial charge is 0.0390 e. The van der Waals surface area contributed by atoms with E-state index in [0.29, 0.717) is 6.04 Å². The zero-order valence-electron chi connectivity index (χ0n) is 5.80. The lowest BCUT2D eigenvalue weighted by atomic mass is 10.3. The molecule has 0 aromatic rings. The Morgan fingerprint density at radius 2 is 2.56 bits per heavy atom. The quantitative estimate of drug-likeness (QED) is 0.426. The number of nitrogens with zero attached hydrogens (tertiary/aromatic N) is 1. The van der Waals surface area contributed by atoms with Gasteiger partial charge in [0.15, 0.2) is 0 Å². The summed E-state index contributed by atoms with van der Waals surface area (Å²) < 4.78 is 0. The van der Waals surface area contributed by atoms with Gasteiger partial charge in [-0.1, -0.05) is 0 Å². The molecule has 9 heavy (non-hydrogen) atoms. The van der Waals surface area contributed by atoms with Gasteiger partial charge in [-0.2, -0.15) is 12.6 Å². The van der Waals surface area contributed by atoms with Crippen molar-refractivity contribution in [2.24, 2.45) is 0 Å². The van der Waals surface area contributed by atoms with Crippen molar-refractivity contribution >= 4 is 12.6 Å². The summed E-state index contributed by atoms with van der Waals surface area (Å²) in [6.07, 6.45) is 1.27. The summed E-state index contributed by atoms with van der Waals surface area (Å²) in [6, 6.07) is 0.687. The minimum atomic E-state index is 0.687. The van der Waals surface area contributed by atoms with Crippen LogP contribution in [0.3, 0.4) is 0 Å². The Morgan fingerprint density at radius 3 is 3.00 bits per heavy atom. The third-order valence-corrected chi connectivity index (χ3v) is 1.95. The van der Waals surface area contributed by atoms with Gasteiger partial charge in [-0.25, -0.2) is 0 Å². The molecule has 0 aromatic heterocycles. The normalized spacial score (nSPS) is 29.3.